The van der Waals surface area contributed by atoms with E-state index in [1.807, 2.05) is 6.20 Å². The van der Waals surface area contributed by atoms with Gasteiger partial charge in [0, 0.05) is 30.5 Å². The second-order valence-electron chi connectivity index (χ2n) is 5.61. The van der Waals surface area contributed by atoms with Crippen LogP contribution in [0.2, 0.25) is 0 Å². The molecule has 2 aliphatic rings. The minimum atomic E-state index is 0.641. The Hall–Kier alpha value is -1.15. The van der Waals surface area contributed by atoms with Crippen molar-refractivity contribution < 1.29 is 0 Å². The third kappa shape index (κ3) is 1.81. The van der Waals surface area contributed by atoms with Gasteiger partial charge in [0.25, 0.3) is 0 Å². The van der Waals surface area contributed by atoms with E-state index in [0.29, 0.717) is 12.1 Å². The van der Waals surface area contributed by atoms with E-state index in [4.69, 9.17) is 0 Å². The molecule has 1 aliphatic heterocycles. The van der Waals surface area contributed by atoms with Crippen LogP contribution in [-0.4, -0.2) is 28.5 Å². The third-order valence-corrected chi connectivity index (χ3v) is 4.04. The van der Waals surface area contributed by atoms with Crippen LogP contribution in [0.5, 0.6) is 0 Å². The smallest absolute Gasteiger partial charge is 0.0378 e. The predicted molar refractivity (Wildman–Crippen MR) is 70.7 cm³/mol. The summed E-state index contributed by atoms with van der Waals surface area (Å²) in [7, 11) is 0. The van der Waals surface area contributed by atoms with Crippen LogP contribution in [0, 0.1) is 12.8 Å². The second-order valence-corrected chi connectivity index (χ2v) is 5.61. The summed E-state index contributed by atoms with van der Waals surface area (Å²) in [4.78, 5) is 6.92. The minimum Gasteiger partial charge on any atom is -0.293 e. The molecule has 90 valence electrons. The van der Waals surface area contributed by atoms with Crippen LogP contribution in [0.15, 0.2) is 24.4 Å². The first-order valence-electron chi connectivity index (χ1n) is 6.55. The molecule has 1 aromatic rings. The summed E-state index contributed by atoms with van der Waals surface area (Å²) in [6.45, 7) is 7.92. The molecule has 2 unspecified atom stereocenters. The molecule has 0 N–H and O–H groups in total. The fourth-order valence-electron chi connectivity index (χ4n) is 3.27. The number of rotatable bonds is 2. The van der Waals surface area contributed by atoms with Gasteiger partial charge in [0.2, 0.25) is 0 Å². The Morgan fingerprint density at radius 1 is 1.41 bits per heavy atom. The molecule has 0 aromatic carbocycles. The molecule has 2 heteroatoms. The van der Waals surface area contributed by atoms with Crippen molar-refractivity contribution in [3.63, 3.8) is 0 Å². The van der Waals surface area contributed by atoms with Crippen molar-refractivity contribution in [1.29, 1.82) is 0 Å². The Morgan fingerprint density at radius 3 is 2.88 bits per heavy atom. The average Bonchev–Trinajstić information content (AvgIpc) is 2.88. The maximum Gasteiger partial charge on any atom is 0.0378 e. The largest absolute Gasteiger partial charge is 0.293 e. The van der Waals surface area contributed by atoms with Gasteiger partial charge in [-0.2, -0.15) is 0 Å². The van der Waals surface area contributed by atoms with Crippen molar-refractivity contribution in [2.75, 3.05) is 6.54 Å². The fourth-order valence-corrected chi connectivity index (χ4v) is 3.27. The van der Waals surface area contributed by atoms with Crippen molar-refractivity contribution in [1.82, 2.24) is 9.88 Å². The van der Waals surface area contributed by atoms with Crippen LogP contribution in [0.1, 0.15) is 31.5 Å². The molecule has 0 radical (unpaired) electrons. The zero-order valence-corrected chi connectivity index (χ0v) is 10.9. The van der Waals surface area contributed by atoms with Gasteiger partial charge in [-0.15, -0.1) is 0 Å². The first kappa shape index (κ1) is 11.0. The zero-order valence-electron chi connectivity index (χ0n) is 10.9. The van der Waals surface area contributed by atoms with Crippen molar-refractivity contribution in [2.24, 2.45) is 5.92 Å². The van der Waals surface area contributed by atoms with Crippen molar-refractivity contribution in [3.05, 3.63) is 35.7 Å². The van der Waals surface area contributed by atoms with Gasteiger partial charge in [-0.1, -0.05) is 6.08 Å². The summed E-state index contributed by atoms with van der Waals surface area (Å²) in [5.41, 5.74) is 4.01. The van der Waals surface area contributed by atoms with Gasteiger partial charge in [0.05, 0.1) is 0 Å². The van der Waals surface area contributed by atoms with Gasteiger partial charge < -0.3 is 0 Å². The van der Waals surface area contributed by atoms with Gasteiger partial charge in [0.1, 0.15) is 0 Å². The summed E-state index contributed by atoms with van der Waals surface area (Å²) < 4.78 is 0. The number of hydrogen-bond acceptors (Lipinski definition) is 2. The first-order valence-corrected chi connectivity index (χ1v) is 6.55. The number of fused-ring (bicyclic) bond motifs is 2. The maximum atomic E-state index is 4.29. The summed E-state index contributed by atoms with van der Waals surface area (Å²) in [6, 6.07) is 5.65. The molecule has 2 bridgehead atoms. The van der Waals surface area contributed by atoms with Crippen LogP contribution in [0.4, 0.5) is 0 Å². The SMILES string of the molecule is Cc1cc(C2=CC3CC2N(C(C)C)C3)ccn1. The Balaban J connectivity index is 1.93. The Morgan fingerprint density at radius 2 is 2.24 bits per heavy atom. The molecule has 0 spiro atoms. The lowest BCUT2D eigenvalue weighted by atomic mass is 9.99. The lowest BCUT2D eigenvalue weighted by molar-refractivity contribution is 0.231. The van der Waals surface area contributed by atoms with E-state index >= 15 is 0 Å². The standard InChI is InChI=1S/C15H20N2/c1-10(2)17-9-12-7-14(15(17)8-12)13-4-5-16-11(3)6-13/h4-7,10,12,15H,8-9H2,1-3H3. The monoisotopic (exact) mass is 228 g/mol. The van der Waals surface area contributed by atoms with E-state index in [1.165, 1.54) is 24.1 Å². The lowest BCUT2D eigenvalue weighted by Crippen LogP contribution is -2.37. The molecule has 1 fully saturated rings. The summed E-state index contributed by atoms with van der Waals surface area (Å²) in [6.07, 6.45) is 5.73. The average molecular weight is 228 g/mol. The molecule has 3 rings (SSSR count). The molecule has 2 nitrogen and oxygen atoms in total. The Kier molecular flexibility index (Phi) is 2.55. The normalized spacial score (nSPS) is 27.9. The van der Waals surface area contributed by atoms with Crippen molar-refractivity contribution in [2.45, 2.75) is 39.3 Å². The highest BCUT2D eigenvalue weighted by Crippen LogP contribution is 2.42. The molecule has 1 aliphatic carbocycles. The lowest BCUT2D eigenvalue weighted by Gasteiger charge is -2.31. The summed E-state index contributed by atoms with van der Waals surface area (Å²) in [5, 5.41) is 0. The van der Waals surface area contributed by atoms with Crippen LogP contribution in [-0.2, 0) is 0 Å². The van der Waals surface area contributed by atoms with E-state index in [2.05, 4.69) is 48.9 Å². The predicted octanol–water partition coefficient (Wildman–Crippen LogP) is 2.89. The Bertz CT molecular complexity index is 462. The van der Waals surface area contributed by atoms with Crippen molar-refractivity contribution in [3.8, 4) is 0 Å². The minimum absolute atomic E-state index is 0.641. The molecule has 2 heterocycles. The highest BCUT2D eigenvalue weighted by Gasteiger charge is 2.40. The fraction of sp³-hybridized carbons (Fsp3) is 0.533. The van der Waals surface area contributed by atoms with Crippen LogP contribution in [0.25, 0.3) is 5.57 Å². The van der Waals surface area contributed by atoms with Crippen LogP contribution < -0.4 is 0 Å². The van der Waals surface area contributed by atoms with E-state index in [-0.39, 0.29) is 0 Å². The quantitative estimate of drug-likeness (QED) is 0.773. The maximum absolute atomic E-state index is 4.29. The number of likely N-dealkylation sites (tertiary alicyclic amines) is 1. The van der Waals surface area contributed by atoms with Gasteiger partial charge in [-0.05, 0) is 56.4 Å². The van der Waals surface area contributed by atoms with Gasteiger partial charge >= 0.3 is 0 Å². The number of aryl methyl sites for hydroxylation is 1. The van der Waals surface area contributed by atoms with E-state index < -0.39 is 0 Å². The molecular weight excluding hydrogens is 208 g/mol. The highest BCUT2D eigenvalue weighted by atomic mass is 15.2. The van der Waals surface area contributed by atoms with E-state index in [1.54, 1.807) is 0 Å². The molecule has 2 atom stereocenters. The summed E-state index contributed by atoms with van der Waals surface area (Å²) in [5.74, 6) is 0.769. The van der Waals surface area contributed by atoms with Crippen LogP contribution >= 0.6 is 0 Å². The van der Waals surface area contributed by atoms with E-state index in [0.717, 1.165) is 11.6 Å². The summed E-state index contributed by atoms with van der Waals surface area (Å²) >= 11 is 0. The Labute approximate surface area is 103 Å². The van der Waals surface area contributed by atoms with Gasteiger partial charge in [0.15, 0.2) is 0 Å². The van der Waals surface area contributed by atoms with Crippen LogP contribution in [0.3, 0.4) is 0 Å². The second kappa shape index (κ2) is 3.95. The highest BCUT2D eigenvalue weighted by molar-refractivity contribution is 5.73. The molecule has 1 saturated heterocycles. The van der Waals surface area contributed by atoms with Crippen molar-refractivity contribution >= 4 is 5.57 Å². The zero-order chi connectivity index (χ0) is 12.0. The molecular formula is C15H20N2. The number of aromatic nitrogens is 1. The number of hydrogen-bond donors (Lipinski definition) is 0. The topological polar surface area (TPSA) is 16.1 Å². The number of nitrogens with zero attached hydrogens (tertiary/aromatic N) is 2. The number of pyridine rings is 1. The van der Waals surface area contributed by atoms with Gasteiger partial charge in [-0.25, -0.2) is 0 Å². The van der Waals surface area contributed by atoms with Gasteiger partial charge in [-0.3, -0.25) is 9.88 Å². The molecule has 0 amide bonds. The molecule has 1 aromatic heterocycles. The first-order chi connectivity index (χ1) is 8.15. The van der Waals surface area contributed by atoms with E-state index in [9.17, 15) is 0 Å². The third-order valence-electron chi connectivity index (χ3n) is 4.04. The molecule has 17 heavy (non-hydrogen) atoms. The molecule has 0 saturated carbocycles.